The number of rotatable bonds is 3. The van der Waals surface area contributed by atoms with E-state index in [1.54, 1.807) is 17.7 Å². The maximum Gasteiger partial charge on any atom is 0.248 e. The number of amides is 1. The van der Waals surface area contributed by atoms with Crippen LogP contribution in [0.5, 0.6) is 0 Å². The molecule has 0 radical (unpaired) electrons. The van der Waals surface area contributed by atoms with Gasteiger partial charge in [0, 0.05) is 21.8 Å². The van der Waals surface area contributed by atoms with E-state index in [-0.39, 0.29) is 0 Å². The summed E-state index contributed by atoms with van der Waals surface area (Å²) in [6.07, 6.45) is 0. The van der Waals surface area contributed by atoms with Crippen molar-refractivity contribution < 1.29 is 4.79 Å². The highest BCUT2D eigenvalue weighted by Gasteiger charge is 2.34. The van der Waals surface area contributed by atoms with Gasteiger partial charge in [0.1, 0.15) is 6.04 Å². The molecular weight excluding hydrogens is 362 g/mol. The van der Waals surface area contributed by atoms with Crippen LogP contribution in [0.4, 0.5) is 5.95 Å². The fourth-order valence-corrected chi connectivity index (χ4v) is 3.63. The Bertz CT molecular complexity index is 1090. The summed E-state index contributed by atoms with van der Waals surface area (Å²) in [5, 5.41) is 8.37. The molecule has 1 aromatic heterocycles. The zero-order valence-electron chi connectivity index (χ0n) is 14.9. The topological polar surface area (TPSA) is 85.8 Å². The molecule has 0 fully saturated rings. The van der Waals surface area contributed by atoms with E-state index in [0.29, 0.717) is 28.1 Å². The number of anilines is 1. The number of carbonyl (C=O) groups excluding carboxylic acids is 1. The van der Waals surface area contributed by atoms with E-state index < -0.39 is 11.9 Å². The molecular formula is C20H18ClN5O. The highest BCUT2D eigenvalue weighted by Crippen LogP contribution is 2.38. The summed E-state index contributed by atoms with van der Waals surface area (Å²) < 4.78 is 1.68. The van der Waals surface area contributed by atoms with Crippen molar-refractivity contribution in [1.29, 1.82) is 0 Å². The van der Waals surface area contributed by atoms with Crippen molar-refractivity contribution in [2.45, 2.75) is 19.9 Å². The summed E-state index contributed by atoms with van der Waals surface area (Å²) in [5.41, 5.74) is 9.49. The number of hydrogen-bond donors (Lipinski definition) is 2. The van der Waals surface area contributed by atoms with E-state index in [2.05, 4.69) is 10.3 Å². The number of halogens is 1. The van der Waals surface area contributed by atoms with E-state index in [1.807, 2.05) is 49.4 Å². The number of nitrogens with zero attached hydrogens (tertiary/aromatic N) is 3. The maximum absolute atomic E-state index is 12.2. The maximum atomic E-state index is 12.2. The van der Waals surface area contributed by atoms with Gasteiger partial charge in [-0.15, -0.1) is 5.10 Å². The summed E-state index contributed by atoms with van der Waals surface area (Å²) in [6, 6.07) is 14.7. The van der Waals surface area contributed by atoms with Crippen molar-refractivity contribution in [1.82, 2.24) is 14.8 Å². The minimum absolute atomic E-state index is 0.414. The second kappa shape index (κ2) is 6.55. The molecule has 1 aliphatic rings. The third kappa shape index (κ3) is 2.88. The monoisotopic (exact) mass is 379 g/mol. The third-order valence-electron chi connectivity index (χ3n) is 4.70. The Balaban J connectivity index is 1.93. The van der Waals surface area contributed by atoms with E-state index in [0.717, 1.165) is 16.7 Å². The van der Waals surface area contributed by atoms with Crippen molar-refractivity contribution in [3.63, 3.8) is 0 Å². The molecule has 1 unspecified atom stereocenters. The molecule has 6 nitrogen and oxygen atoms in total. The Labute approximate surface area is 161 Å². The van der Waals surface area contributed by atoms with E-state index >= 15 is 0 Å². The Morgan fingerprint density at radius 2 is 1.85 bits per heavy atom. The summed E-state index contributed by atoms with van der Waals surface area (Å²) in [7, 11) is 0. The lowest BCUT2D eigenvalue weighted by molar-refractivity contribution is -0.115. The summed E-state index contributed by atoms with van der Waals surface area (Å²) in [6.45, 7) is 3.81. The van der Waals surface area contributed by atoms with Crippen LogP contribution < -0.4 is 11.1 Å². The average Bonchev–Trinajstić information content (AvgIpc) is 3.04. The molecule has 0 aliphatic carbocycles. The first-order chi connectivity index (χ1) is 13.0. The molecule has 0 saturated heterocycles. The van der Waals surface area contributed by atoms with Crippen LogP contribution in [0.2, 0.25) is 5.02 Å². The van der Waals surface area contributed by atoms with Crippen molar-refractivity contribution in [2.24, 2.45) is 5.73 Å². The van der Waals surface area contributed by atoms with Gasteiger partial charge in [-0.1, -0.05) is 54.1 Å². The van der Waals surface area contributed by atoms with Gasteiger partial charge in [0.25, 0.3) is 0 Å². The Morgan fingerprint density at radius 1 is 1.15 bits per heavy atom. The number of aryl methyl sites for hydroxylation is 1. The van der Waals surface area contributed by atoms with Gasteiger partial charge < -0.3 is 11.1 Å². The second-order valence-corrected chi connectivity index (χ2v) is 6.88. The summed E-state index contributed by atoms with van der Waals surface area (Å²) in [5.74, 6) is 0.593. The number of hydrogen-bond acceptors (Lipinski definition) is 4. The van der Waals surface area contributed by atoms with Gasteiger partial charge in [-0.2, -0.15) is 4.98 Å². The normalized spacial score (nSPS) is 16.0. The van der Waals surface area contributed by atoms with Crippen LogP contribution in [0.25, 0.3) is 11.4 Å². The van der Waals surface area contributed by atoms with Gasteiger partial charge in [0.15, 0.2) is 5.82 Å². The minimum atomic E-state index is -0.544. The molecule has 3 N–H and O–H groups in total. The lowest BCUT2D eigenvalue weighted by Gasteiger charge is -2.28. The highest BCUT2D eigenvalue weighted by molar-refractivity contribution is 6.31. The molecule has 1 aliphatic heterocycles. The van der Waals surface area contributed by atoms with Gasteiger partial charge in [-0.25, -0.2) is 4.68 Å². The molecule has 27 heavy (non-hydrogen) atoms. The largest absolute Gasteiger partial charge is 0.366 e. The van der Waals surface area contributed by atoms with Crippen LogP contribution in [0.1, 0.15) is 24.1 Å². The smallest absolute Gasteiger partial charge is 0.248 e. The number of carbonyl (C=O) groups is 1. The van der Waals surface area contributed by atoms with Crippen LogP contribution in [0.3, 0.4) is 0 Å². The van der Waals surface area contributed by atoms with Gasteiger partial charge in [0.05, 0.1) is 5.57 Å². The second-order valence-electron chi connectivity index (χ2n) is 6.47. The third-order valence-corrected chi connectivity index (χ3v) is 5.05. The van der Waals surface area contributed by atoms with Crippen LogP contribution in [0, 0.1) is 6.92 Å². The van der Waals surface area contributed by atoms with Crippen molar-refractivity contribution in [2.75, 3.05) is 5.32 Å². The number of nitrogens with two attached hydrogens (primary N) is 1. The number of nitrogens with one attached hydrogen (secondary N) is 1. The molecule has 1 amide bonds. The predicted molar refractivity (Wildman–Crippen MR) is 105 cm³/mol. The van der Waals surface area contributed by atoms with Crippen molar-refractivity contribution >= 4 is 23.5 Å². The molecule has 0 saturated carbocycles. The average molecular weight is 380 g/mol. The predicted octanol–water partition coefficient (Wildman–Crippen LogP) is 3.68. The Hall–Kier alpha value is -3.12. The number of fused-ring (bicyclic) bond motifs is 1. The lowest BCUT2D eigenvalue weighted by Crippen LogP contribution is -2.32. The SMILES string of the molecule is CC1=C(C(N)=O)C(c2ccccc2Cl)n2nc(-c3ccccc3C)nc2N1. The van der Waals surface area contributed by atoms with Gasteiger partial charge in [0.2, 0.25) is 11.9 Å². The first-order valence-corrected chi connectivity index (χ1v) is 8.89. The molecule has 4 rings (SSSR count). The minimum Gasteiger partial charge on any atom is -0.366 e. The zero-order chi connectivity index (χ0) is 19.1. The van der Waals surface area contributed by atoms with Crippen LogP contribution in [-0.4, -0.2) is 20.7 Å². The fraction of sp³-hybridized carbons (Fsp3) is 0.150. The van der Waals surface area contributed by atoms with Gasteiger partial charge >= 0.3 is 0 Å². The molecule has 1 atom stereocenters. The number of aromatic nitrogens is 3. The fourth-order valence-electron chi connectivity index (χ4n) is 3.39. The van der Waals surface area contributed by atoms with E-state index in [1.165, 1.54) is 0 Å². The van der Waals surface area contributed by atoms with Crippen LogP contribution >= 0.6 is 11.6 Å². The van der Waals surface area contributed by atoms with E-state index in [4.69, 9.17) is 22.4 Å². The van der Waals surface area contributed by atoms with Crippen molar-refractivity contribution in [3.05, 3.63) is 76.0 Å². The zero-order valence-corrected chi connectivity index (χ0v) is 15.7. The standard InChI is InChI=1S/C20H18ClN5O/c1-11-7-3-4-8-13(11)19-24-20-23-12(2)16(18(22)27)17(26(20)25-19)14-9-5-6-10-15(14)21/h3-10,17H,1-2H3,(H2,22,27)(H,23,24,25). The van der Waals surface area contributed by atoms with Crippen LogP contribution in [0.15, 0.2) is 59.8 Å². The molecule has 7 heteroatoms. The number of benzene rings is 2. The molecule has 136 valence electrons. The number of allylic oxidation sites excluding steroid dienone is 1. The van der Waals surface area contributed by atoms with Gasteiger partial charge in [-0.05, 0) is 25.5 Å². The quantitative estimate of drug-likeness (QED) is 0.726. The Morgan fingerprint density at radius 3 is 2.56 bits per heavy atom. The van der Waals surface area contributed by atoms with Gasteiger partial charge in [-0.3, -0.25) is 4.79 Å². The first-order valence-electron chi connectivity index (χ1n) is 8.52. The van der Waals surface area contributed by atoms with E-state index in [9.17, 15) is 4.79 Å². The molecule has 0 bridgehead atoms. The highest BCUT2D eigenvalue weighted by atomic mass is 35.5. The molecule has 2 aromatic carbocycles. The lowest BCUT2D eigenvalue weighted by atomic mass is 9.95. The summed E-state index contributed by atoms with van der Waals surface area (Å²) in [4.78, 5) is 16.9. The Kier molecular flexibility index (Phi) is 4.20. The molecule has 0 spiro atoms. The van der Waals surface area contributed by atoms with Crippen LogP contribution in [-0.2, 0) is 4.79 Å². The molecule has 3 aromatic rings. The summed E-state index contributed by atoms with van der Waals surface area (Å²) >= 11 is 6.43. The first kappa shape index (κ1) is 17.3. The van der Waals surface area contributed by atoms with Crippen molar-refractivity contribution in [3.8, 4) is 11.4 Å². The molecule has 2 heterocycles. The number of primary amides is 1.